The molecule has 9 aromatic rings. The van der Waals surface area contributed by atoms with Crippen molar-refractivity contribution in [1.29, 1.82) is 0 Å². The molecule has 0 spiro atoms. The average molecular weight is 586 g/mol. The van der Waals surface area contributed by atoms with Crippen molar-refractivity contribution in [3.8, 4) is 45.3 Å². The van der Waals surface area contributed by atoms with Crippen molar-refractivity contribution in [2.24, 2.45) is 0 Å². The number of fused-ring (bicyclic) bond motifs is 5. The molecular weight excluding hydrogens is 550 g/mol. The number of nitrogens with zero attached hydrogens (tertiary/aromatic N) is 3. The molecule has 0 N–H and O–H groups in total. The number of benzene rings is 7. The van der Waals surface area contributed by atoms with Gasteiger partial charge in [0, 0.05) is 27.5 Å². The number of hydrogen-bond acceptors (Lipinski definition) is 4. The van der Waals surface area contributed by atoms with Gasteiger partial charge in [0.2, 0.25) is 0 Å². The van der Waals surface area contributed by atoms with Crippen LogP contribution in [-0.2, 0) is 0 Å². The van der Waals surface area contributed by atoms with E-state index in [1.165, 1.54) is 0 Å². The van der Waals surface area contributed by atoms with E-state index < -0.39 is 48.3 Å². The van der Waals surface area contributed by atoms with Gasteiger partial charge >= 0.3 is 0 Å². The van der Waals surface area contributed by atoms with Gasteiger partial charge in [-0.25, -0.2) is 15.0 Å². The molecule has 2 heterocycles. The summed E-state index contributed by atoms with van der Waals surface area (Å²) in [6.45, 7) is 0. The van der Waals surface area contributed by atoms with Crippen LogP contribution in [0, 0.1) is 0 Å². The molecule has 0 saturated heterocycles. The van der Waals surface area contributed by atoms with E-state index in [0.717, 1.165) is 26.9 Å². The highest BCUT2D eigenvalue weighted by molar-refractivity contribution is 6.15. The summed E-state index contributed by atoms with van der Waals surface area (Å²) in [6, 6.07) is 23.6. The van der Waals surface area contributed by atoms with Gasteiger partial charge in [0.1, 0.15) is 11.2 Å². The van der Waals surface area contributed by atoms with Gasteiger partial charge < -0.3 is 4.42 Å². The minimum absolute atomic E-state index is 0.0671. The summed E-state index contributed by atoms with van der Waals surface area (Å²) in [7, 11) is 0. The monoisotopic (exact) mass is 585 g/mol. The molecule has 45 heavy (non-hydrogen) atoms. The van der Waals surface area contributed by atoms with E-state index in [1.54, 1.807) is 30.3 Å². The fourth-order valence-corrected chi connectivity index (χ4v) is 5.73. The zero-order valence-electron chi connectivity index (χ0n) is 33.4. The predicted molar refractivity (Wildman–Crippen MR) is 184 cm³/mol. The molecule has 7 aromatic carbocycles. The van der Waals surface area contributed by atoms with Crippen molar-refractivity contribution in [3.05, 3.63) is 151 Å². The Kier molecular flexibility index (Phi) is 3.93. The molecule has 0 saturated carbocycles. The quantitative estimate of drug-likeness (QED) is 0.206. The number of rotatable bonds is 4. The van der Waals surface area contributed by atoms with Crippen LogP contribution in [0.1, 0.15) is 13.7 Å². The second-order valence-electron chi connectivity index (χ2n) is 10.6. The second kappa shape index (κ2) is 10.2. The third-order valence-corrected chi connectivity index (χ3v) is 7.85. The van der Waals surface area contributed by atoms with Crippen molar-refractivity contribution >= 4 is 43.5 Å². The molecule has 0 bridgehead atoms. The predicted octanol–water partition coefficient (Wildman–Crippen LogP) is 10.7. The molecule has 0 fully saturated rings. The van der Waals surface area contributed by atoms with Crippen LogP contribution in [0.15, 0.2) is 156 Å². The van der Waals surface area contributed by atoms with Crippen LogP contribution in [0.2, 0.25) is 0 Å². The number of hydrogen-bond donors (Lipinski definition) is 0. The number of furan rings is 1. The Morgan fingerprint density at radius 3 is 1.87 bits per heavy atom. The molecule has 9 rings (SSSR count). The molecule has 4 nitrogen and oxygen atoms in total. The van der Waals surface area contributed by atoms with E-state index in [9.17, 15) is 0 Å². The minimum atomic E-state index is -0.542. The van der Waals surface area contributed by atoms with Gasteiger partial charge in [-0.15, -0.1) is 0 Å². The highest BCUT2D eigenvalue weighted by Crippen LogP contribution is 2.38. The lowest BCUT2D eigenvalue weighted by atomic mass is 9.99. The van der Waals surface area contributed by atoms with Crippen LogP contribution >= 0.6 is 0 Å². The van der Waals surface area contributed by atoms with Crippen LogP contribution in [0.25, 0.3) is 88.8 Å². The molecule has 0 unspecified atom stereocenters. The Labute approximate surface area is 273 Å². The lowest BCUT2D eigenvalue weighted by molar-refractivity contribution is 0.669. The van der Waals surface area contributed by atoms with Crippen molar-refractivity contribution in [1.82, 2.24) is 15.0 Å². The first kappa shape index (κ1) is 17.2. The summed E-state index contributed by atoms with van der Waals surface area (Å²) in [5.41, 5.74) is 2.62. The highest BCUT2D eigenvalue weighted by atomic mass is 16.3. The van der Waals surface area contributed by atoms with Crippen molar-refractivity contribution < 1.29 is 18.1 Å². The van der Waals surface area contributed by atoms with Crippen LogP contribution < -0.4 is 0 Å². The van der Waals surface area contributed by atoms with E-state index >= 15 is 0 Å². The van der Waals surface area contributed by atoms with E-state index in [-0.39, 0.29) is 40.7 Å². The summed E-state index contributed by atoms with van der Waals surface area (Å²) in [5.74, 6) is 0.207. The van der Waals surface area contributed by atoms with Gasteiger partial charge in [-0.2, -0.15) is 0 Å². The van der Waals surface area contributed by atoms with Crippen molar-refractivity contribution in [2.45, 2.75) is 0 Å². The standard InChI is InChI=1S/C41H25N3O/c1-3-10-26(11-4-1)31-20-18-27-19-21-32(23-33(27)22-31)40-42-39(28-12-5-2-6-13-28)43-41(44-40)34-16-9-17-36-38(34)35-24-29-14-7-8-15-30(29)25-37(35)45-36/h1-25H/i1D,2D,3D,4D,5D,6D,10D,11D,12D,13D. The zero-order valence-corrected chi connectivity index (χ0v) is 23.4. The first-order chi connectivity index (χ1) is 26.4. The van der Waals surface area contributed by atoms with Crippen LogP contribution in [0.4, 0.5) is 0 Å². The molecule has 0 atom stereocenters. The zero-order chi connectivity index (χ0) is 38.4. The topological polar surface area (TPSA) is 51.8 Å². The summed E-state index contributed by atoms with van der Waals surface area (Å²) in [4.78, 5) is 14.4. The molecular formula is C41H25N3O. The van der Waals surface area contributed by atoms with Crippen LogP contribution in [-0.4, -0.2) is 15.0 Å². The van der Waals surface area contributed by atoms with E-state index in [4.69, 9.17) is 33.1 Å². The van der Waals surface area contributed by atoms with Crippen LogP contribution in [0.3, 0.4) is 0 Å². The molecule has 0 aliphatic heterocycles. The Morgan fingerprint density at radius 1 is 0.444 bits per heavy atom. The van der Waals surface area contributed by atoms with Gasteiger partial charge in [0.05, 0.1) is 13.7 Å². The average Bonchev–Trinajstić information content (AvgIpc) is 3.57. The molecule has 0 radical (unpaired) electrons. The Morgan fingerprint density at radius 2 is 1.09 bits per heavy atom. The van der Waals surface area contributed by atoms with Gasteiger partial charge in [-0.1, -0.05) is 121 Å². The number of aromatic nitrogens is 3. The highest BCUT2D eigenvalue weighted by Gasteiger charge is 2.18. The molecule has 4 heteroatoms. The van der Waals surface area contributed by atoms with E-state index in [0.29, 0.717) is 33.2 Å². The van der Waals surface area contributed by atoms with Crippen molar-refractivity contribution in [2.75, 3.05) is 0 Å². The fourth-order valence-electron chi connectivity index (χ4n) is 5.73. The minimum Gasteiger partial charge on any atom is -0.456 e. The molecule has 2 aromatic heterocycles. The Balaban J connectivity index is 1.30. The molecule has 0 aliphatic rings. The Hall–Kier alpha value is -6.13. The Bertz CT molecular complexity index is 3070. The SMILES string of the molecule is [2H]c1c([2H])c([2H])c(-c2ccc3ccc(-c4nc(-c5c([2H])c([2H])c([2H])c([2H])c5[2H])nc(-c5cccc6oc7cc8ccccc8cc7c56)n4)cc3c2)c([2H])c1[2H]. The molecule has 0 aliphatic carbocycles. The third-order valence-electron chi connectivity index (χ3n) is 7.85. The van der Waals surface area contributed by atoms with Gasteiger partial charge in [-0.05, 0) is 63.0 Å². The van der Waals surface area contributed by atoms with E-state index in [2.05, 4.69) is 0 Å². The maximum Gasteiger partial charge on any atom is 0.164 e. The first-order valence-electron chi connectivity index (χ1n) is 19.2. The summed E-state index contributed by atoms with van der Waals surface area (Å²) >= 11 is 0. The maximum absolute atomic E-state index is 8.75. The summed E-state index contributed by atoms with van der Waals surface area (Å²) < 4.78 is 90.0. The summed E-state index contributed by atoms with van der Waals surface area (Å²) in [5, 5.41) is 5.01. The smallest absolute Gasteiger partial charge is 0.164 e. The van der Waals surface area contributed by atoms with Crippen molar-refractivity contribution in [3.63, 3.8) is 0 Å². The third kappa shape index (κ3) is 4.43. The van der Waals surface area contributed by atoms with Gasteiger partial charge in [0.15, 0.2) is 17.5 Å². The van der Waals surface area contributed by atoms with Crippen LogP contribution in [0.5, 0.6) is 0 Å². The lowest BCUT2D eigenvalue weighted by Crippen LogP contribution is -2.00. The van der Waals surface area contributed by atoms with Gasteiger partial charge in [-0.3, -0.25) is 0 Å². The normalized spacial score (nSPS) is 14.7. The second-order valence-corrected chi connectivity index (χ2v) is 10.6. The first-order valence-corrected chi connectivity index (χ1v) is 14.2. The fraction of sp³-hybridized carbons (Fsp3) is 0. The lowest BCUT2D eigenvalue weighted by Gasteiger charge is -2.10. The molecule has 210 valence electrons. The maximum atomic E-state index is 8.75. The molecule has 0 amide bonds. The van der Waals surface area contributed by atoms with E-state index in [1.807, 2.05) is 60.7 Å². The largest absolute Gasteiger partial charge is 0.456 e. The summed E-state index contributed by atoms with van der Waals surface area (Å²) in [6.07, 6.45) is 0. The van der Waals surface area contributed by atoms with Gasteiger partial charge in [0.25, 0.3) is 0 Å².